The molecule has 0 unspecified atom stereocenters. The number of anilines is 1. The Morgan fingerprint density at radius 1 is 0.929 bits per heavy atom. The van der Waals surface area contributed by atoms with Gasteiger partial charge in [0.15, 0.2) is 0 Å². The molecule has 0 atom stereocenters. The van der Waals surface area contributed by atoms with Gasteiger partial charge in [0.05, 0.1) is 12.7 Å². The summed E-state index contributed by atoms with van der Waals surface area (Å²) in [6.07, 6.45) is 0. The third kappa shape index (κ3) is 4.67. The van der Waals surface area contributed by atoms with Crippen molar-refractivity contribution in [3.8, 4) is 11.5 Å². The van der Waals surface area contributed by atoms with Gasteiger partial charge in [-0.1, -0.05) is 36.4 Å². The summed E-state index contributed by atoms with van der Waals surface area (Å²) in [5.41, 5.74) is 1.98. The zero-order chi connectivity index (χ0) is 19.9. The highest BCUT2D eigenvalue weighted by Crippen LogP contribution is 2.24. The number of carbonyl (C=O) groups is 2. The molecule has 0 saturated heterocycles. The highest BCUT2D eigenvalue weighted by Gasteiger charge is 2.13. The van der Waals surface area contributed by atoms with Crippen molar-refractivity contribution in [1.82, 2.24) is 5.32 Å². The minimum Gasteiger partial charge on any atom is -0.507 e. The predicted molar refractivity (Wildman–Crippen MR) is 107 cm³/mol. The topological polar surface area (TPSA) is 87.7 Å². The molecule has 3 aromatic rings. The number of carbonyl (C=O) groups excluding carboxylic acids is 2. The third-order valence-corrected chi connectivity index (χ3v) is 4.13. The van der Waals surface area contributed by atoms with Crippen molar-refractivity contribution in [2.45, 2.75) is 6.54 Å². The Kier molecular flexibility index (Phi) is 5.91. The molecule has 28 heavy (non-hydrogen) atoms. The van der Waals surface area contributed by atoms with Crippen LogP contribution in [0.1, 0.15) is 26.3 Å². The average molecular weight is 376 g/mol. The molecule has 0 bridgehead atoms. The number of nitrogens with one attached hydrogen (secondary N) is 2. The molecular weight excluding hydrogens is 356 g/mol. The molecule has 0 radical (unpaired) electrons. The zero-order valence-electron chi connectivity index (χ0n) is 15.3. The Balaban J connectivity index is 1.67. The Bertz CT molecular complexity index is 987. The second kappa shape index (κ2) is 8.73. The van der Waals surface area contributed by atoms with Crippen LogP contribution in [-0.4, -0.2) is 24.0 Å². The maximum absolute atomic E-state index is 12.4. The van der Waals surface area contributed by atoms with E-state index in [4.69, 9.17) is 4.74 Å². The first-order valence-corrected chi connectivity index (χ1v) is 8.67. The number of phenolic OH excluding ortho intramolecular Hbond substituents is 1. The molecule has 0 fully saturated rings. The lowest BCUT2D eigenvalue weighted by atomic mass is 10.1. The number of rotatable bonds is 6. The van der Waals surface area contributed by atoms with Gasteiger partial charge < -0.3 is 20.5 Å². The van der Waals surface area contributed by atoms with E-state index in [2.05, 4.69) is 10.6 Å². The smallest absolute Gasteiger partial charge is 0.259 e. The Morgan fingerprint density at radius 2 is 1.71 bits per heavy atom. The van der Waals surface area contributed by atoms with E-state index in [0.717, 1.165) is 5.56 Å². The normalized spacial score (nSPS) is 10.2. The molecule has 0 spiro atoms. The number of ether oxygens (including phenoxy) is 1. The fourth-order valence-corrected chi connectivity index (χ4v) is 2.65. The van der Waals surface area contributed by atoms with Gasteiger partial charge in [-0.2, -0.15) is 0 Å². The first-order chi connectivity index (χ1) is 13.6. The summed E-state index contributed by atoms with van der Waals surface area (Å²) < 4.78 is 5.01. The molecule has 2 amide bonds. The van der Waals surface area contributed by atoms with Gasteiger partial charge in [0.25, 0.3) is 11.8 Å². The van der Waals surface area contributed by atoms with Crippen LogP contribution in [0.15, 0.2) is 72.8 Å². The van der Waals surface area contributed by atoms with E-state index in [1.807, 2.05) is 30.3 Å². The Hall–Kier alpha value is -3.80. The van der Waals surface area contributed by atoms with Crippen LogP contribution in [-0.2, 0) is 6.54 Å². The van der Waals surface area contributed by atoms with E-state index in [0.29, 0.717) is 23.5 Å². The molecule has 6 nitrogen and oxygen atoms in total. The summed E-state index contributed by atoms with van der Waals surface area (Å²) in [5, 5.41) is 15.5. The number of hydrogen-bond donors (Lipinski definition) is 3. The van der Waals surface area contributed by atoms with Crippen LogP contribution < -0.4 is 15.4 Å². The molecule has 0 aliphatic carbocycles. The standard InChI is InChI=1S/C22H20N2O4/c1-28-18-10-11-19(20(25)13-18)22(27)24-17-9-5-8-16(12-17)21(26)23-14-15-6-3-2-4-7-15/h2-13,25H,14H2,1H3,(H,23,26)(H,24,27). The van der Waals surface area contributed by atoms with Crippen LogP contribution in [0.4, 0.5) is 5.69 Å². The van der Waals surface area contributed by atoms with Gasteiger partial charge in [-0.25, -0.2) is 0 Å². The molecule has 6 heteroatoms. The fraction of sp³-hybridized carbons (Fsp3) is 0.0909. The summed E-state index contributed by atoms with van der Waals surface area (Å²) in [6, 6.07) is 20.6. The van der Waals surface area contributed by atoms with Gasteiger partial charge in [-0.3, -0.25) is 9.59 Å². The number of benzene rings is 3. The Labute approximate surface area is 162 Å². The van der Waals surface area contributed by atoms with E-state index < -0.39 is 5.91 Å². The summed E-state index contributed by atoms with van der Waals surface area (Å²) in [5.74, 6) is -0.464. The lowest BCUT2D eigenvalue weighted by Crippen LogP contribution is -2.23. The van der Waals surface area contributed by atoms with Gasteiger partial charge in [-0.05, 0) is 35.9 Å². The molecule has 3 rings (SSSR count). The highest BCUT2D eigenvalue weighted by molar-refractivity contribution is 6.06. The number of aromatic hydroxyl groups is 1. The number of amides is 2. The number of hydrogen-bond acceptors (Lipinski definition) is 4. The predicted octanol–water partition coefficient (Wildman–Crippen LogP) is 3.58. The number of phenols is 1. The maximum Gasteiger partial charge on any atom is 0.259 e. The van der Waals surface area contributed by atoms with Crippen LogP contribution in [0.5, 0.6) is 11.5 Å². The van der Waals surface area contributed by atoms with Crippen molar-refractivity contribution in [2.24, 2.45) is 0 Å². The summed E-state index contributed by atoms with van der Waals surface area (Å²) in [6.45, 7) is 0.413. The lowest BCUT2D eigenvalue weighted by Gasteiger charge is -2.10. The average Bonchev–Trinajstić information content (AvgIpc) is 2.72. The second-order valence-corrected chi connectivity index (χ2v) is 6.09. The first-order valence-electron chi connectivity index (χ1n) is 8.67. The van der Waals surface area contributed by atoms with Crippen molar-refractivity contribution in [3.05, 3.63) is 89.5 Å². The quantitative estimate of drug-likeness (QED) is 0.614. The summed E-state index contributed by atoms with van der Waals surface area (Å²) in [7, 11) is 1.48. The monoisotopic (exact) mass is 376 g/mol. The van der Waals surface area contributed by atoms with Crippen molar-refractivity contribution >= 4 is 17.5 Å². The Morgan fingerprint density at radius 3 is 2.43 bits per heavy atom. The molecule has 0 heterocycles. The van der Waals surface area contributed by atoms with Crippen molar-refractivity contribution in [1.29, 1.82) is 0 Å². The summed E-state index contributed by atoms with van der Waals surface area (Å²) in [4.78, 5) is 24.8. The van der Waals surface area contributed by atoms with E-state index in [1.165, 1.54) is 19.2 Å². The molecular formula is C22H20N2O4. The summed E-state index contributed by atoms with van der Waals surface area (Å²) >= 11 is 0. The van der Waals surface area contributed by atoms with Crippen LogP contribution in [0, 0.1) is 0 Å². The van der Waals surface area contributed by atoms with Crippen LogP contribution >= 0.6 is 0 Å². The van der Waals surface area contributed by atoms with Crippen molar-refractivity contribution in [3.63, 3.8) is 0 Å². The van der Waals surface area contributed by atoms with Crippen LogP contribution in [0.2, 0.25) is 0 Å². The number of methoxy groups -OCH3 is 1. The molecule has 0 aliphatic heterocycles. The lowest BCUT2D eigenvalue weighted by molar-refractivity contribution is 0.0949. The van der Waals surface area contributed by atoms with Crippen molar-refractivity contribution in [2.75, 3.05) is 12.4 Å². The van der Waals surface area contributed by atoms with Gasteiger partial charge in [-0.15, -0.1) is 0 Å². The van der Waals surface area contributed by atoms with Crippen LogP contribution in [0.25, 0.3) is 0 Å². The van der Waals surface area contributed by atoms with Gasteiger partial charge in [0.2, 0.25) is 0 Å². The fourth-order valence-electron chi connectivity index (χ4n) is 2.65. The van der Waals surface area contributed by atoms with E-state index in [1.54, 1.807) is 30.3 Å². The maximum atomic E-state index is 12.4. The first kappa shape index (κ1) is 19.0. The third-order valence-electron chi connectivity index (χ3n) is 4.13. The molecule has 0 aliphatic rings. The van der Waals surface area contributed by atoms with Crippen molar-refractivity contribution < 1.29 is 19.4 Å². The largest absolute Gasteiger partial charge is 0.507 e. The van der Waals surface area contributed by atoms with Gasteiger partial charge >= 0.3 is 0 Å². The molecule has 3 N–H and O–H groups in total. The highest BCUT2D eigenvalue weighted by atomic mass is 16.5. The minimum absolute atomic E-state index is 0.111. The molecule has 3 aromatic carbocycles. The van der Waals surface area contributed by atoms with Gasteiger partial charge in [0, 0.05) is 23.9 Å². The SMILES string of the molecule is COc1ccc(C(=O)Nc2cccc(C(=O)NCc3ccccc3)c2)c(O)c1. The van der Waals surface area contributed by atoms with E-state index >= 15 is 0 Å². The van der Waals surface area contributed by atoms with Crippen LogP contribution in [0.3, 0.4) is 0 Å². The molecule has 0 saturated carbocycles. The van der Waals surface area contributed by atoms with Gasteiger partial charge in [0.1, 0.15) is 11.5 Å². The van der Waals surface area contributed by atoms with E-state index in [-0.39, 0.29) is 17.2 Å². The zero-order valence-corrected chi connectivity index (χ0v) is 15.3. The minimum atomic E-state index is -0.484. The second-order valence-electron chi connectivity index (χ2n) is 6.09. The molecule has 142 valence electrons. The van der Waals surface area contributed by atoms with E-state index in [9.17, 15) is 14.7 Å². The molecule has 0 aromatic heterocycles.